The molecular formula is C13H10BrN3OS. The maximum atomic E-state index is 12.2. The average Bonchev–Trinajstić information content (AvgIpc) is 2.95. The molecule has 0 aliphatic rings. The minimum Gasteiger partial charge on any atom is -0.360 e. The number of carbonyl (C=O) groups excluding carboxylic acids is 1. The van der Waals surface area contributed by atoms with Gasteiger partial charge in [0.1, 0.15) is 0 Å². The summed E-state index contributed by atoms with van der Waals surface area (Å²) in [6.07, 6.45) is 3.46. The highest BCUT2D eigenvalue weighted by Gasteiger charge is 2.13. The number of thiazole rings is 1. The quantitative estimate of drug-likeness (QED) is 0.744. The van der Waals surface area contributed by atoms with Crippen molar-refractivity contribution in [1.29, 1.82) is 0 Å². The zero-order valence-electron chi connectivity index (χ0n) is 10.0. The fourth-order valence-corrected chi connectivity index (χ4v) is 2.88. The Morgan fingerprint density at radius 3 is 3.05 bits per heavy atom. The predicted octanol–water partition coefficient (Wildman–Crippen LogP) is 3.95. The Kier molecular flexibility index (Phi) is 3.12. The molecule has 6 heteroatoms. The van der Waals surface area contributed by atoms with Crippen LogP contribution in [0.5, 0.6) is 0 Å². The number of aryl methyl sites for hydroxylation is 1. The Balaban J connectivity index is 1.95. The number of aromatic amines is 1. The van der Waals surface area contributed by atoms with E-state index in [1.807, 2.05) is 25.1 Å². The van der Waals surface area contributed by atoms with Crippen molar-refractivity contribution < 1.29 is 4.79 Å². The number of anilines is 1. The zero-order chi connectivity index (χ0) is 13.4. The SMILES string of the molecule is Cc1cnc(NC(=O)c2c[nH]c3ccc(Br)cc23)s1. The standard InChI is InChI=1S/C13H10BrN3OS/c1-7-5-16-13(19-7)17-12(18)10-6-15-11-3-2-8(14)4-9(10)11/h2-6,15H,1H3,(H,16,17,18). The largest absolute Gasteiger partial charge is 0.360 e. The Morgan fingerprint density at radius 1 is 1.47 bits per heavy atom. The summed E-state index contributed by atoms with van der Waals surface area (Å²) >= 11 is 4.87. The van der Waals surface area contributed by atoms with Crippen molar-refractivity contribution in [1.82, 2.24) is 9.97 Å². The molecule has 0 spiro atoms. The highest BCUT2D eigenvalue weighted by Crippen LogP contribution is 2.24. The predicted molar refractivity (Wildman–Crippen MR) is 80.8 cm³/mol. The lowest BCUT2D eigenvalue weighted by molar-refractivity contribution is 0.102. The van der Waals surface area contributed by atoms with Gasteiger partial charge in [-0.15, -0.1) is 11.3 Å². The third-order valence-electron chi connectivity index (χ3n) is 2.73. The van der Waals surface area contributed by atoms with Gasteiger partial charge in [0, 0.05) is 32.6 Å². The number of rotatable bonds is 2. The van der Waals surface area contributed by atoms with E-state index < -0.39 is 0 Å². The molecular weight excluding hydrogens is 326 g/mol. The van der Waals surface area contributed by atoms with Crippen LogP contribution in [0.25, 0.3) is 10.9 Å². The normalized spacial score (nSPS) is 10.8. The molecule has 0 unspecified atom stereocenters. The molecule has 0 aliphatic heterocycles. The van der Waals surface area contributed by atoms with E-state index in [1.165, 1.54) is 11.3 Å². The average molecular weight is 336 g/mol. The van der Waals surface area contributed by atoms with E-state index in [1.54, 1.807) is 12.4 Å². The topological polar surface area (TPSA) is 57.8 Å². The van der Waals surface area contributed by atoms with Crippen LogP contribution in [0, 0.1) is 6.92 Å². The van der Waals surface area contributed by atoms with Gasteiger partial charge in [-0.3, -0.25) is 10.1 Å². The highest BCUT2D eigenvalue weighted by atomic mass is 79.9. The molecule has 0 bridgehead atoms. The van der Waals surface area contributed by atoms with Gasteiger partial charge in [0.05, 0.1) is 5.56 Å². The van der Waals surface area contributed by atoms with Gasteiger partial charge in [-0.05, 0) is 25.1 Å². The molecule has 2 heterocycles. The molecule has 4 nitrogen and oxygen atoms in total. The first-order valence-electron chi connectivity index (χ1n) is 5.64. The van der Waals surface area contributed by atoms with Gasteiger partial charge in [-0.1, -0.05) is 15.9 Å². The number of aromatic nitrogens is 2. The van der Waals surface area contributed by atoms with Crippen molar-refractivity contribution in [3.8, 4) is 0 Å². The van der Waals surface area contributed by atoms with Crippen molar-refractivity contribution >= 4 is 49.2 Å². The Hall–Kier alpha value is -1.66. The number of fused-ring (bicyclic) bond motifs is 1. The molecule has 0 fully saturated rings. The van der Waals surface area contributed by atoms with Crippen molar-refractivity contribution in [2.45, 2.75) is 6.92 Å². The first-order chi connectivity index (χ1) is 9.13. The summed E-state index contributed by atoms with van der Waals surface area (Å²) in [5, 5.41) is 4.32. The smallest absolute Gasteiger partial charge is 0.259 e. The number of benzene rings is 1. The molecule has 0 saturated heterocycles. The van der Waals surface area contributed by atoms with Gasteiger partial charge in [-0.2, -0.15) is 0 Å². The lowest BCUT2D eigenvalue weighted by Gasteiger charge is -2.00. The zero-order valence-corrected chi connectivity index (χ0v) is 12.4. The van der Waals surface area contributed by atoms with Gasteiger partial charge < -0.3 is 4.98 Å². The fourth-order valence-electron chi connectivity index (χ4n) is 1.86. The van der Waals surface area contributed by atoms with Crippen molar-refractivity contribution in [2.75, 3.05) is 5.32 Å². The molecule has 19 heavy (non-hydrogen) atoms. The van der Waals surface area contributed by atoms with E-state index >= 15 is 0 Å². The number of halogens is 1. The molecule has 3 rings (SSSR count). The second kappa shape index (κ2) is 4.79. The first-order valence-corrected chi connectivity index (χ1v) is 7.25. The van der Waals surface area contributed by atoms with E-state index in [4.69, 9.17) is 0 Å². The molecule has 1 amide bonds. The number of amides is 1. The summed E-state index contributed by atoms with van der Waals surface area (Å²) in [7, 11) is 0. The molecule has 1 aromatic carbocycles. The van der Waals surface area contributed by atoms with Crippen LogP contribution in [-0.4, -0.2) is 15.9 Å². The molecule has 3 aromatic rings. The Bertz CT molecular complexity index is 762. The third kappa shape index (κ3) is 2.41. The number of H-pyrrole nitrogens is 1. The third-order valence-corrected chi connectivity index (χ3v) is 4.05. The van der Waals surface area contributed by atoms with Crippen molar-refractivity contribution in [3.63, 3.8) is 0 Å². The highest BCUT2D eigenvalue weighted by molar-refractivity contribution is 9.10. The molecule has 0 saturated carbocycles. The van der Waals surface area contributed by atoms with Crippen LogP contribution in [0.2, 0.25) is 0 Å². The molecule has 2 N–H and O–H groups in total. The Morgan fingerprint density at radius 2 is 2.32 bits per heavy atom. The van der Waals surface area contributed by atoms with Crippen LogP contribution < -0.4 is 5.32 Å². The second-order valence-corrected chi connectivity index (χ2v) is 6.27. The number of nitrogens with one attached hydrogen (secondary N) is 2. The van der Waals surface area contributed by atoms with Gasteiger partial charge in [0.25, 0.3) is 5.91 Å². The molecule has 2 aromatic heterocycles. The minimum atomic E-state index is -0.154. The number of carbonyl (C=O) groups is 1. The van der Waals surface area contributed by atoms with Gasteiger partial charge in [-0.25, -0.2) is 4.98 Å². The van der Waals surface area contributed by atoms with E-state index in [0.717, 1.165) is 20.3 Å². The number of hydrogen-bond donors (Lipinski definition) is 2. The van der Waals surface area contributed by atoms with Crippen molar-refractivity contribution in [2.24, 2.45) is 0 Å². The molecule has 0 atom stereocenters. The van der Waals surface area contributed by atoms with Gasteiger partial charge >= 0.3 is 0 Å². The summed E-state index contributed by atoms with van der Waals surface area (Å²) in [5.74, 6) is -0.154. The lowest BCUT2D eigenvalue weighted by atomic mass is 10.1. The van der Waals surface area contributed by atoms with Gasteiger partial charge in [0.2, 0.25) is 0 Å². The van der Waals surface area contributed by atoms with Crippen LogP contribution in [0.3, 0.4) is 0 Å². The first kappa shape index (κ1) is 12.4. The fraction of sp³-hybridized carbons (Fsp3) is 0.0769. The summed E-state index contributed by atoms with van der Waals surface area (Å²) in [6, 6.07) is 5.79. The minimum absolute atomic E-state index is 0.154. The molecule has 96 valence electrons. The number of hydrogen-bond acceptors (Lipinski definition) is 3. The summed E-state index contributed by atoms with van der Waals surface area (Å²) in [5.41, 5.74) is 1.55. The van der Waals surface area contributed by atoms with Crippen LogP contribution in [0.15, 0.2) is 35.1 Å². The van der Waals surface area contributed by atoms with Crippen LogP contribution in [-0.2, 0) is 0 Å². The summed E-state index contributed by atoms with van der Waals surface area (Å²) < 4.78 is 0.943. The maximum Gasteiger partial charge on any atom is 0.259 e. The van der Waals surface area contributed by atoms with Crippen LogP contribution in [0.4, 0.5) is 5.13 Å². The maximum absolute atomic E-state index is 12.2. The Labute approximate surface area is 122 Å². The lowest BCUT2D eigenvalue weighted by Crippen LogP contribution is -2.10. The monoisotopic (exact) mass is 335 g/mol. The molecule has 0 radical (unpaired) electrons. The van der Waals surface area contributed by atoms with Crippen LogP contribution in [0.1, 0.15) is 15.2 Å². The van der Waals surface area contributed by atoms with E-state index in [0.29, 0.717) is 10.7 Å². The van der Waals surface area contributed by atoms with Gasteiger partial charge in [0.15, 0.2) is 5.13 Å². The van der Waals surface area contributed by atoms with Crippen molar-refractivity contribution in [3.05, 3.63) is 45.5 Å². The van der Waals surface area contributed by atoms with E-state index in [-0.39, 0.29) is 5.91 Å². The second-order valence-electron chi connectivity index (χ2n) is 4.12. The van der Waals surface area contributed by atoms with E-state index in [9.17, 15) is 4.79 Å². The summed E-state index contributed by atoms with van der Waals surface area (Å²) in [6.45, 7) is 1.95. The molecule has 0 aliphatic carbocycles. The van der Waals surface area contributed by atoms with Crippen LogP contribution >= 0.6 is 27.3 Å². The summed E-state index contributed by atoms with van der Waals surface area (Å²) in [4.78, 5) is 20.5. The van der Waals surface area contributed by atoms with E-state index in [2.05, 4.69) is 31.2 Å². The number of nitrogens with zero attached hydrogens (tertiary/aromatic N) is 1.